The van der Waals surface area contributed by atoms with Crippen LogP contribution >= 0.6 is 0 Å². The molecule has 0 saturated carbocycles. The second-order valence-electron chi connectivity index (χ2n) is 1.34. The van der Waals surface area contributed by atoms with Gasteiger partial charge < -0.3 is 5.11 Å². The van der Waals surface area contributed by atoms with E-state index in [1.807, 2.05) is 6.07 Å². The standard InChI is InChI=1S/C6H6O.CH4.Ba/c7-6-4-2-1-3-5-6;;/h1-5,7H;1H4;. The molecular formula is C7H10BaO. The Morgan fingerprint density at radius 2 is 1.44 bits per heavy atom. The zero-order chi connectivity index (χ0) is 5.11. The Morgan fingerprint density at radius 3 is 1.67 bits per heavy atom. The van der Waals surface area contributed by atoms with Crippen molar-refractivity contribution in [1.82, 2.24) is 0 Å². The van der Waals surface area contributed by atoms with Crippen LogP contribution in [-0.2, 0) is 0 Å². The van der Waals surface area contributed by atoms with Gasteiger partial charge in [-0.2, -0.15) is 0 Å². The third kappa shape index (κ3) is 5.06. The van der Waals surface area contributed by atoms with Crippen LogP contribution in [-0.4, -0.2) is 54.0 Å². The number of benzene rings is 1. The fraction of sp³-hybridized carbons (Fsp3) is 0.143. The topological polar surface area (TPSA) is 20.2 Å². The maximum Gasteiger partial charge on any atom is 0.115 e. The predicted molar refractivity (Wildman–Crippen MR) is 40.6 cm³/mol. The SMILES string of the molecule is C.Oc1ccccc1.[Ba]. The first-order chi connectivity index (χ1) is 3.39. The number of phenolic OH excluding ortho intramolecular Hbond substituents is 1. The van der Waals surface area contributed by atoms with Crippen LogP contribution in [0.2, 0.25) is 0 Å². The number of phenols is 1. The zero-order valence-electron chi connectivity index (χ0n) is 4.54. The van der Waals surface area contributed by atoms with E-state index in [1.54, 1.807) is 24.3 Å². The first-order valence-electron chi connectivity index (χ1n) is 2.13. The molecule has 0 spiro atoms. The van der Waals surface area contributed by atoms with E-state index in [0.29, 0.717) is 5.75 Å². The number of aromatic hydroxyl groups is 1. The molecule has 1 nitrogen and oxygen atoms in total. The first-order valence-corrected chi connectivity index (χ1v) is 2.13. The maximum absolute atomic E-state index is 8.63. The molecule has 2 heteroatoms. The molecule has 0 amide bonds. The number of hydrogen-bond acceptors (Lipinski definition) is 1. The molecule has 0 bridgehead atoms. The molecule has 0 aliphatic heterocycles. The summed E-state index contributed by atoms with van der Waals surface area (Å²) in [7, 11) is 0. The van der Waals surface area contributed by atoms with Crippen molar-refractivity contribution in [3.63, 3.8) is 0 Å². The van der Waals surface area contributed by atoms with Crippen LogP contribution in [0.4, 0.5) is 0 Å². The van der Waals surface area contributed by atoms with Gasteiger partial charge in [-0.25, -0.2) is 0 Å². The Bertz CT molecular complexity index is 139. The van der Waals surface area contributed by atoms with Crippen molar-refractivity contribution < 1.29 is 5.11 Å². The summed E-state index contributed by atoms with van der Waals surface area (Å²) in [4.78, 5) is 0. The van der Waals surface area contributed by atoms with E-state index < -0.39 is 0 Å². The minimum atomic E-state index is 0. The molecule has 0 aliphatic rings. The van der Waals surface area contributed by atoms with E-state index in [-0.39, 0.29) is 56.3 Å². The summed E-state index contributed by atoms with van der Waals surface area (Å²) >= 11 is 0. The van der Waals surface area contributed by atoms with E-state index in [0.717, 1.165) is 0 Å². The Kier molecular flexibility index (Phi) is 9.16. The average molecular weight is 247 g/mol. The third-order valence-corrected chi connectivity index (χ3v) is 0.756. The molecular weight excluding hydrogens is 237 g/mol. The molecule has 0 aliphatic carbocycles. The van der Waals surface area contributed by atoms with Gasteiger partial charge in [-0.1, -0.05) is 25.6 Å². The Labute approximate surface area is 96.2 Å². The molecule has 0 atom stereocenters. The number of para-hydroxylation sites is 1. The molecule has 0 aromatic heterocycles. The Balaban J connectivity index is 0. The summed E-state index contributed by atoms with van der Waals surface area (Å²) in [5.74, 6) is 0.322. The fourth-order valence-corrected chi connectivity index (χ4v) is 0.428. The molecule has 1 N–H and O–H groups in total. The second kappa shape index (κ2) is 6.71. The minimum absolute atomic E-state index is 0. The largest absolute Gasteiger partial charge is 0.508 e. The van der Waals surface area contributed by atoms with Crippen molar-refractivity contribution in [2.45, 2.75) is 7.43 Å². The van der Waals surface area contributed by atoms with Gasteiger partial charge in [-0.05, 0) is 12.1 Å². The maximum atomic E-state index is 8.63. The van der Waals surface area contributed by atoms with Gasteiger partial charge in [0.15, 0.2) is 0 Å². The zero-order valence-corrected chi connectivity index (χ0v) is 8.98. The van der Waals surface area contributed by atoms with Gasteiger partial charge in [0.2, 0.25) is 0 Å². The quantitative estimate of drug-likeness (QED) is 0.691. The van der Waals surface area contributed by atoms with E-state index in [9.17, 15) is 0 Å². The molecule has 1 aromatic rings. The average Bonchev–Trinajstić information content (AvgIpc) is 1.69. The van der Waals surface area contributed by atoms with Gasteiger partial charge in [0, 0.05) is 48.9 Å². The van der Waals surface area contributed by atoms with Crippen LogP contribution in [0.5, 0.6) is 5.75 Å². The molecule has 1 rings (SSSR count). The normalized spacial score (nSPS) is 6.67. The summed E-state index contributed by atoms with van der Waals surface area (Å²) in [6.07, 6.45) is 0. The molecule has 9 heavy (non-hydrogen) atoms. The van der Waals surface area contributed by atoms with Crippen molar-refractivity contribution in [2.75, 3.05) is 0 Å². The van der Waals surface area contributed by atoms with Gasteiger partial charge in [0.25, 0.3) is 0 Å². The van der Waals surface area contributed by atoms with E-state index in [4.69, 9.17) is 5.11 Å². The molecule has 0 heterocycles. The summed E-state index contributed by atoms with van der Waals surface area (Å²) < 4.78 is 0. The summed E-state index contributed by atoms with van der Waals surface area (Å²) in [5, 5.41) is 8.63. The van der Waals surface area contributed by atoms with Crippen molar-refractivity contribution in [1.29, 1.82) is 0 Å². The van der Waals surface area contributed by atoms with Crippen LogP contribution < -0.4 is 0 Å². The third-order valence-electron chi connectivity index (χ3n) is 0.756. The summed E-state index contributed by atoms with van der Waals surface area (Å²) in [5.41, 5.74) is 0. The van der Waals surface area contributed by atoms with Crippen LogP contribution in [0.1, 0.15) is 7.43 Å². The van der Waals surface area contributed by atoms with Crippen LogP contribution in [0.15, 0.2) is 30.3 Å². The molecule has 0 unspecified atom stereocenters. The van der Waals surface area contributed by atoms with Gasteiger partial charge >= 0.3 is 0 Å². The predicted octanol–water partition coefficient (Wildman–Crippen LogP) is 1.65. The van der Waals surface area contributed by atoms with Gasteiger partial charge in [-0.15, -0.1) is 0 Å². The Hall–Kier alpha value is 0.591. The molecule has 46 valence electrons. The van der Waals surface area contributed by atoms with Crippen LogP contribution in [0, 0.1) is 0 Å². The smallest absolute Gasteiger partial charge is 0.115 e. The van der Waals surface area contributed by atoms with Crippen molar-refractivity contribution in [3.05, 3.63) is 30.3 Å². The van der Waals surface area contributed by atoms with Crippen molar-refractivity contribution >= 4 is 48.9 Å². The first kappa shape index (κ1) is 12.3. The van der Waals surface area contributed by atoms with E-state index in [1.165, 1.54) is 0 Å². The van der Waals surface area contributed by atoms with E-state index in [2.05, 4.69) is 0 Å². The van der Waals surface area contributed by atoms with Crippen molar-refractivity contribution in [3.8, 4) is 5.75 Å². The van der Waals surface area contributed by atoms with Gasteiger partial charge in [-0.3, -0.25) is 0 Å². The molecule has 1 aromatic carbocycles. The monoisotopic (exact) mass is 248 g/mol. The minimum Gasteiger partial charge on any atom is -0.508 e. The van der Waals surface area contributed by atoms with Crippen LogP contribution in [0.3, 0.4) is 0 Å². The Morgan fingerprint density at radius 1 is 1.00 bits per heavy atom. The number of hydrogen-bond donors (Lipinski definition) is 1. The van der Waals surface area contributed by atoms with Crippen LogP contribution in [0.25, 0.3) is 0 Å². The van der Waals surface area contributed by atoms with E-state index >= 15 is 0 Å². The molecule has 0 saturated heterocycles. The van der Waals surface area contributed by atoms with Crippen molar-refractivity contribution in [2.24, 2.45) is 0 Å². The van der Waals surface area contributed by atoms with Gasteiger partial charge in [0.1, 0.15) is 5.75 Å². The summed E-state index contributed by atoms with van der Waals surface area (Å²) in [6.45, 7) is 0. The second-order valence-corrected chi connectivity index (χ2v) is 1.34. The fourth-order valence-electron chi connectivity index (χ4n) is 0.428. The van der Waals surface area contributed by atoms with Gasteiger partial charge in [0.05, 0.1) is 0 Å². The molecule has 2 radical (unpaired) electrons. The number of rotatable bonds is 0. The molecule has 0 fully saturated rings. The summed E-state index contributed by atoms with van der Waals surface area (Å²) in [6, 6.07) is 8.71.